The van der Waals surface area contributed by atoms with Gasteiger partial charge in [0.2, 0.25) is 21.8 Å². The molecule has 38 heavy (non-hydrogen) atoms. The second-order valence-electron chi connectivity index (χ2n) is 10.4. The number of sulfonamides is 1. The van der Waals surface area contributed by atoms with E-state index in [4.69, 9.17) is 11.6 Å². The van der Waals surface area contributed by atoms with Crippen molar-refractivity contribution in [2.45, 2.75) is 61.9 Å². The summed E-state index contributed by atoms with van der Waals surface area (Å²) in [4.78, 5) is 28.5. The van der Waals surface area contributed by atoms with Crippen molar-refractivity contribution in [3.05, 3.63) is 64.2 Å². The summed E-state index contributed by atoms with van der Waals surface area (Å²) in [6.45, 7) is 3.76. The molecule has 204 valence electrons. The molecule has 0 saturated carbocycles. The Bertz CT molecular complexity index is 1280. The van der Waals surface area contributed by atoms with Crippen LogP contribution in [-0.2, 0) is 32.5 Å². The van der Waals surface area contributed by atoms with E-state index in [2.05, 4.69) is 33.7 Å². The van der Waals surface area contributed by atoms with E-state index in [9.17, 15) is 18.0 Å². The number of nitrogens with zero attached hydrogens (tertiary/aromatic N) is 2. The number of hydrogen-bond donors (Lipinski definition) is 2. The lowest BCUT2D eigenvalue weighted by Crippen LogP contribution is -2.58. The van der Waals surface area contributed by atoms with Crippen LogP contribution in [0, 0.1) is 0 Å². The maximum atomic E-state index is 13.3. The largest absolute Gasteiger partial charge is 0.353 e. The molecule has 2 saturated heterocycles. The summed E-state index contributed by atoms with van der Waals surface area (Å²) in [6, 6.07) is 11.1. The topological polar surface area (TPSA) is 98.8 Å². The third kappa shape index (κ3) is 6.06. The van der Waals surface area contributed by atoms with Gasteiger partial charge in [-0.2, -0.15) is 4.31 Å². The SMILES string of the molecule is O=C(CC1C(=O)NCCN1S(=O)(=O)c1ccc(Cl)cc1)N[C@@H]1CCCc2cc(CCN3CCCC3)ccc21. The molecule has 2 amide bonds. The number of rotatable bonds is 8. The van der Waals surface area contributed by atoms with E-state index in [1.54, 1.807) is 0 Å². The van der Waals surface area contributed by atoms with Gasteiger partial charge in [0.25, 0.3) is 0 Å². The van der Waals surface area contributed by atoms with Gasteiger partial charge in [0.05, 0.1) is 17.4 Å². The zero-order valence-corrected chi connectivity index (χ0v) is 23.1. The zero-order chi connectivity index (χ0) is 26.7. The van der Waals surface area contributed by atoms with Crippen LogP contribution >= 0.6 is 11.6 Å². The molecular formula is C28H35ClN4O4S. The highest BCUT2D eigenvalue weighted by molar-refractivity contribution is 7.89. The zero-order valence-electron chi connectivity index (χ0n) is 21.5. The third-order valence-corrected chi connectivity index (χ3v) is 10.0. The van der Waals surface area contributed by atoms with E-state index in [0.29, 0.717) is 5.02 Å². The minimum Gasteiger partial charge on any atom is -0.353 e. The first-order valence-electron chi connectivity index (χ1n) is 13.5. The fraction of sp³-hybridized carbons (Fsp3) is 0.500. The van der Waals surface area contributed by atoms with Gasteiger partial charge in [0, 0.05) is 24.7 Å². The fourth-order valence-corrected chi connectivity index (χ4v) is 7.53. The molecule has 2 aliphatic heterocycles. The molecule has 0 bridgehead atoms. The number of carbonyl (C=O) groups is 2. The molecule has 1 aliphatic carbocycles. The minimum atomic E-state index is -3.97. The Labute approximate surface area is 229 Å². The Hall–Kier alpha value is -2.46. The fourth-order valence-electron chi connectivity index (χ4n) is 5.81. The predicted molar refractivity (Wildman–Crippen MR) is 146 cm³/mol. The van der Waals surface area contributed by atoms with Gasteiger partial charge in [0.1, 0.15) is 6.04 Å². The molecule has 0 aromatic heterocycles. The smallest absolute Gasteiger partial charge is 0.243 e. The van der Waals surface area contributed by atoms with Gasteiger partial charge < -0.3 is 15.5 Å². The molecule has 2 heterocycles. The van der Waals surface area contributed by atoms with Crippen molar-refractivity contribution in [2.75, 3.05) is 32.7 Å². The van der Waals surface area contributed by atoms with Crippen LogP contribution in [0.5, 0.6) is 0 Å². The maximum absolute atomic E-state index is 13.3. The van der Waals surface area contributed by atoms with Crippen molar-refractivity contribution in [2.24, 2.45) is 0 Å². The van der Waals surface area contributed by atoms with E-state index < -0.39 is 22.0 Å². The van der Waals surface area contributed by atoms with Crippen LogP contribution in [0.2, 0.25) is 5.02 Å². The number of halogens is 1. The van der Waals surface area contributed by atoms with Gasteiger partial charge in [-0.1, -0.05) is 29.8 Å². The average molecular weight is 559 g/mol. The second-order valence-corrected chi connectivity index (χ2v) is 12.8. The molecule has 2 aromatic carbocycles. The highest BCUT2D eigenvalue weighted by Crippen LogP contribution is 2.31. The number of aryl methyl sites for hydroxylation is 1. The lowest BCUT2D eigenvalue weighted by atomic mass is 9.86. The normalized spacial score (nSPS) is 22.6. The van der Waals surface area contributed by atoms with Crippen molar-refractivity contribution < 1.29 is 18.0 Å². The van der Waals surface area contributed by atoms with E-state index in [0.717, 1.165) is 42.1 Å². The lowest BCUT2D eigenvalue weighted by Gasteiger charge is -2.34. The van der Waals surface area contributed by atoms with Crippen molar-refractivity contribution in [3.8, 4) is 0 Å². The van der Waals surface area contributed by atoms with Crippen LogP contribution in [0.25, 0.3) is 0 Å². The standard InChI is InChI=1S/C28H35ClN4O4S/c29-22-7-9-23(10-8-22)38(36,37)33-17-13-30-28(35)26(33)19-27(34)31-25-5-3-4-21-18-20(6-11-24(21)25)12-16-32-14-1-2-15-32/h6-11,18,25-26H,1-5,12-17,19H2,(H,30,35)(H,31,34)/t25-,26?/m1/s1. The Kier molecular flexibility index (Phi) is 8.38. The van der Waals surface area contributed by atoms with E-state index in [1.165, 1.54) is 61.3 Å². The van der Waals surface area contributed by atoms with Gasteiger partial charge >= 0.3 is 0 Å². The lowest BCUT2D eigenvalue weighted by molar-refractivity contribution is -0.132. The van der Waals surface area contributed by atoms with Crippen LogP contribution in [0.1, 0.15) is 54.8 Å². The quantitative estimate of drug-likeness (QED) is 0.519. The van der Waals surface area contributed by atoms with E-state index in [-0.39, 0.29) is 36.4 Å². The van der Waals surface area contributed by atoms with Gasteiger partial charge in [0.15, 0.2) is 0 Å². The third-order valence-electron chi connectivity index (χ3n) is 7.85. The van der Waals surface area contributed by atoms with Crippen molar-refractivity contribution in [1.29, 1.82) is 0 Å². The predicted octanol–water partition coefficient (Wildman–Crippen LogP) is 3.05. The van der Waals surface area contributed by atoms with Crippen LogP contribution in [-0.4, -0.2) is 68.2 Å². The summed E-state index contributed by atoms with van der Waals surface area (Å²) in [6.07, 6.45) is 6.14. The minimum absolute atomic E-state index is 0.0451. The first-order chi connectivity index (χ1) is 18.3. The second kappa shape index (κ2) is 11.7. The highest BCUT2D eigenvalue weighted by atomic mass is 35.5. The molecule has 8 nitrogen and oxygen atoms in total. The summed E-state index contributed by atoms with van der Waals surface area (Å²) in [7, 11) is -3.97. The molecular weight excluding hydrogens is 524 g/mol. The molecule has 10 heteroatoms. The summed E-state index contributed by atoms with van der Waals surface area (Å²) >= 11 is 5.92. The summed E-state index contributed by atoms with van der Waals surface area (Å²) in [5.41, 5.74) is 3.71. The molecule has 3 aliphatic rings. The molecule has 1 unspecified atom stereocenters. The number of fused-ring (bicyclic) bond motifs is 1. The van der Waals surface area contributed by atoms with Crippen molar-refractivity contribution >= 4 is 33.4 Å². The van der Waals surface area contributed by atoms with Crippen LogP contribution in [0.15, 0.2) is 47.4 Å². The van der Waals surface area contributed by atoms with Gasteiger partial charge in [-0.15, -0.1) is 0 Å². The molecule has 0 radical (unpaired) electrons. The summed E-state index contributed by atoms with van der Waals surface area (Å²) < 4.78 is 27.8. The van der Waals surface area contributed by atoms with E-state index >= 15 is 0 Å². The highest BCUT2D eigenvalue weighted by Gasteiger charge is 2.40. The Morgan fingerprint density at radius 1 is 1.05 bits per heavy atom. The van der Waals surface area contributed by atoms with E-state index in [1.807, 2.05) is 0 Å². The Balaban J connectivity index is 1.26. The summed E-state index contributed by atoms with van der Waals surface area (Å²) in [5, 5.41) is 6.22. The van der Waals surface area contributed by atoms with Gasteiger partial charge in [-0.3, -0.25) is 9.59 Å². The molecule has 2 atom stereocenters. The average Bonchev–Trinajstić information content (AvgIpc) is 3.43. The van der Waals surface area contributed by atoms with Crippen molar-refractivity contribution in [1.82, 2.24) is 19.8 Å². The van der Waals surface area contributed by atoms with Gasteiger partial charge in [-0.25, -0.2) is 8.42 Å². The molecule has 2 aromatic rings. The molecule has 5 rings (SSSR count). The number of benzene rings is 2. The Morgan fingerprint density at radius 3 is 2.58 bits per heavy atom. The number of amides is 2. The Morgan fingerprint density at radius 2 is 1.82 bits per heavy atom. The maximum Gasteiger partial charge on any atom is 0.243 e. The number of hydrogen-bond acceptors (Lipinski definition) is 5. The first-order valence-corrected chi connectivity index (χ1v) is 15.3. The number of carbonyl (C=O) groups excluding carboxylic acids is 2. The summed E-state index contributed by atoms with van der Waals surface area (Å²) in [5.74, 6) is -0.796. The number of likely N-dealkylation sites (tertiary alicyclic amines) is 1. The number of nitrogens with one attached hydrogen (secondary N) is 2. The first kappa shape index (κ1) is 27.1. The monoisotopic (exact) mass is 558 g/mol. The molecule has 2 fully saturated rings. The van der Waals surface area contributed by atoms with Crippen LogP contribution in [0.4, 0.5) is 0 Å². The van der Waals surface area contributed by atoms with Crippen LogP contribution in [0.3, 0.4) is 0 Å². The van der Waals surface area contributed by atoms with Crippen LogP contribution < -0.4 is 10.6 Å². The molecule has 0 spiro atoms. The van der Waals surface area contributed by atoms with Gasteiger partial charge in [-0.05, 0) is 92.6 Å². The molecule has 2 N–H and O–H groups in total. The number of piperazine rings is 1. The van der Waals surface area contributed by atoms with Crippen molar-refractivity contribution in [3.63, 3.8) is 0 Å².